The second-order valence-electron chi connectivity index (χ2n) is 3.04. The predicted molar refractivity (Wildman–Crippen MR) is 54.0 cm³/mol. The van der Waals surface area contributed by atoms with Crippen molar-refractivity contribution in [3.05, 3.63) is 0 Å². The molecule has 0 unspecified atom stereocenters. The zero-order valence-electron chi connectivity index (χ0n) is 8.05. The number of rotatable bonds is 9. The number of carboxylic acids is 1. The van der Waals surface area contributed by atoms with Gasteiger partial charge >= 0.3 is 5.97 Å². The van der Waals surface area contributed by atoms with Gasteiger partial charge in [-0.05, 0) is 18.6 Å². The SMILES string of the molecule is O=C(O)CSCCCCCCC(F)F. The summed E-state index contributed by atoms with van der Waals surface area (Å²) in [7, 11) is 0. The lowest BCUT2D eigenvalue weighted by Gasteiger charge is -2.00. The van der Waals surface area contributed by atoms with Crippen LogP contribution in [0.15, 0.2) is 0 Å². The number of hydrogen-bond acceptors (Lipinski definition) is 2. The number of hydrogen-bond donors (Lipinski definition) is 1. The molecule has 0 spiro atoms. The number of thioether (sulfide) groups is 1. The molecule has 0 amide bonds. The Labute approximate surface area is 87.1 Å². The molecule has 0 heterocycles. The van der Waals surface area contributed by atoms with Gasteiger partial charge in [0.1, 0.15) is 0 Å². The third kappa shape index (κ3) is 11.7. The molecule has 0 aromatic heterocycles. The summed E-state index contributed by atoms with van der Waals surface area (Å²) >= 11 is 1.38. The molecule has 0 bridgehead atoms. The summed E-state index contributed by atoms with van der Waals surface area (Å²) in [5.74, 6) is 0.144. The summed E-state index contributed by atoms with van der Waals surface area (Å²) < 4.78 is 23.4. The minimum atomic E-state index is -2.18. The van der Waals surface area contributed by atoms with Crippen molar-refractivity contribution < 1.29 is 18.7 Å². The van der Waals surface area contributed by atoms with Crippen LogP contribution in [0.3, 0.4) is 0 Å². The van der Waals surface area contributed by atoms with E-state index in [1.54, 1.807) is 0 Å². The summed E-state index contributed by atoms with van der Waals surface area (Å²) in [6.45, 7) is 0. The van der Waals surface area contributed by atoms with Crippen LogP contribution in [-0.4, -0.2) is 29.0 Å². The van der Waals surface area contributed by atoms with E-state index in [2.05, 4.69) is 0 Å². The van der Waals surface area contributed by atoms with E-state index < -0.39 is 12.4 Å². The van der Waals surface area contributed by atoms with Gasteiger partial charge in [-0.1, -0.05) is 12.8 Å². The average molecular weight is 226 g/mol. The fraction of sp³-hybridized carbons (Fsp3) is 0.889. The van der Waals surface area contributed by atoms with E-state index in [4.69, 9.17) is 5.11 Å². The Bertz CT molecular complexity index is 154. The van der Waals surface area contributed by atoms with Crippen molar-refractivity contribution >= 4 is 17.7 Å². The fourth-order valence-corrected chi connectivity index (χ4v) is 1.74. The first-order chi connectivity index (χ1) is 6.63. The molecule has 0 fully saturated rings. The maximum atomic E-state index is 11.7. The fourth-order valence-electron chi connectivity index (χ4n) is 1.02. The Hall–Kier alpha value is -0.320. The number of unbranched alkanes of at least 4 members (excludes halogenated alkanes) is 3. The topological polar surface area (TPSA) is 37.3 Å². The van der Waals surface area contributed by atoms with Crippen LogP contribution in [0.4, 0.5) is 8.78 Å². The van der Waals surface area contributed by atoms with Gasteiger partial charge in [0.25, 0.3) is 0 Å². The second kappa shape index (κ2) is 9.24. The molecule has 84 valence electrons. The largest absolute Gasteiger partial charge is 0.481 e. The van der Waals surface area contributed by atoms with Crippen LogP contribution in [0.1, 0.15) is 32.1 Å². The molecule has 0 aliphatic rings. The lowest BCUT2D eigenvalue weighted by atomic mass is 10.2. The number of carboxylic acid groups (broad SMARTS) is 1. The van der Waals surface area contributed by atoms with Crippen molar-refractivity contribution in [3.8, 4) is 0 Å². The summed E-state index contributed by atoms with van der Waals surface area (Å²) in [6.07, 6.45) is 1.03. The molecule has 5 heteroatoms. The number of alkyl halides is 2. The monoisotopic (exact) mass is 226 g/mol. The van der Waals surface area contributed by atoms with E-state index >= 15 is 0 Å². The molecule has 0 radical (unpaired) electrons. The van der Waals surface area contributed by atoms with Gasteiger partial charge < -0.3 is 5.11 Å². The number of carbonyl (C=O) groups is 1. The van der Waals surface area contributed by atoms with Gasteiger partial charge in [-0.15, -0.1) is 0 Å². The third-order valence-electron chi connectivity index (χ3n) is 1.69. The van der Waals surface area contributed by atoms with Gasteiger partial charge in [0.2, 0.25) is 6.43 Å². The minimum absolute atomic E-state index is 0.0116. The third-order valence-corrected chi connectivity index (χ3v) is 2.71. The first kappa shape index (κ1) is 13.7. The highest BCUT2D eigenvalue weighted by Gasteiger charge is 2.01. The van der Waals surface area contributed by atoms with Crippen LogP contribution < -0.4 is 0 Å². The number of halogens is 2. The molecular formula is C9H16F2O2S. The van der Waals surface area contributed by atoms with E-state index in [1.165, 1.54) is 11.8 Å². The maximum Gasteiger partial charge on any atom is 0.313 e. The average Bonchev–Trinajstić information content (AvgIpc) is 2.08. The molecular weight excluding hydrogens is 210 g/mol. The highest BCUT2D eigenvalue weighted by Crippen LogP contribution is 2.11. The van der Waals surface area contributed by atoms with Crippen molar-refractivity contribution in [2.24, 2.45) is 0 Å². The zero-order valence-corrected chi connectivity index (χ0v) is 8.86. The summed E-state index contributed by atoms with van der Waals surface area (Å²) in [5.41, 5.74) is 0. The van der Waals surface area contributed by atoms with Crippen molar-refractivity contribution in [1.29, 1.82) is 0 Å². The van der Waals surface area contributed by atoms with Crippen molar-refractivity contribution in [3.63, 3.8) is 0 Å². The predicted octanol–water partition coefficient (Wildman–Crippen LogP) is 3.02. The van der Waals surface area contributed by atoms with Crippen LogP contribution >= 0.6 is 11.8 Å². The molecule has 0 aromatic carbocycles. The Morgan fingerprint density at radius 2 is 1.86 bits per heavy atom. The Morgan fingerprint density at radius 3 is 2.43 bits per heavy atom. The second-order valence-corrected chi connectivity index (χ2v) is 4.15. The standard InChI is InChI=1S/C9H16F2O2S/c10-8(11)5-3-1-2-4-6-14-7-9(12)13/h8H,1-7H2,(H,12,13). The molecule has 0 aliphatic carbocycles. The summed E-state index contributed by atoms with van der Waals surface area (Å²) in [6, 6.07) is 0. The first-order valence-electron chi connectivity index (χ1n) is 4.70. The van der Waals surface area contributed by atoms with Gasteiger partial charge in [-0.25, -0.2) is 8.78 Å². The lowest BCUT2D eigenvalue weighted by molar-refractivity contribution is -0.133. The number of aliphatic carboxylic acids is 1. The van der Waals surface area contributed by atoms with Crippen LogP contribution in [0.5, 0.6) is 0 Å². The Balaban J connectivity index is 2.96. The Kier molecular flexibility index (Phi) is 9.03. The maximum absolute atomic E-state index is 11.7. The van der Waals surface area contributed by atoms with Gasteiger partial charge in [0, 0.05) is 6.42 Å². The smallest absolute Gasteiger partial charge is 0.313 e. The van der Waals surface area contributed by atoms with Gasteiger partial charge in [-0.2, -0.15) is 11.8 Å². The molecule has 0 rings (SSSR count). The summed E-state index contributed by atoms with van der Waals surface area (Å²) in [5, 5.41) is 8.31. The first-order valence-corrected chi connectivity index (χ1v) is 5.86. The van der Waals surface area contributed by atoms with Gasteiger partial charge in [-0.3, -0.25) is 4.79 Å². The molecule has 14 heavy (non-hydrogen) atoms. The van der Waals surface area contributed by atoms with E-state index in [0.717, 1.165) is 25.0 Å². The van der Waals surface area contributed by atoms with E-state index in [0.29, 0.717) is 6.42 Å². The molecule has 0 saturated heterocycles. The van der Waals surface area contributed by atoms with Gasteiger partial charge in [0.05, 0.1) is 5.75 Å². The molecule has 0 aromatic rings. The highest BCUT2D eigenvalue weighted by atomic mass is 32.2. The molecule has 2 nitrogen and oxygen atoms in total. The van der Waals surface area contributed by atoms with Crippen molar-refractivity contribution in [2.75, 3.05) is 11.5 Å². The molecule has 0 saturated carbocycles. The molecule has 0 aliphatic heterocycles. The van der Waals surface area contributed by atoms with Crippen molar-refractivity contribution in [2.45, 2.75) is 38.5 Å². The molecule has 0 atom stereocenters. The lowest BCUT2D eigenvalue weighted by Crippen LogP contribution is -1.98. The summed E-state index contributed by atoms with van der Waals surface area (Å²) in [4.78, 5) is 10.1. The van der Waals surface area contributed by atoms with Crippen LogP contribution in [0.25, 0.3) is 0 Å². The minimum Gasteiger partial charge on any atom is -0.481 e. The van der Waals surface area contributed by atoms with Crippen LogP contribution in [0.2, 0.25) is 0 Å². The Morgan fingerprint density at radius 1 is 1.21 bits per heavy atom. The highest BCUT2D eigenvalue weighted by molar-refractivity contribution is 7.99. The van der Waals surface area contributed by atoms with Crippen LogP contribution in [-0.2, 0) is 4.79 Å². The van der Waals surface area contributed by atoms with E-state index in [9.17, 15) is 13.6 Å². The molecule has 1 N–H and O–H groups in total. The van der Waals surface area contributed by atoms with E-state index in [1.807, 2.05) is 0 Å². The van der Waals surface area contributed by atoms with Crippen molar-refractivity contribution in [1.82, 2.24) is 0 Å². The normalized spacial score (nSPS) is 10.8. The quantitative estimate of drug-likeness (QED) is 0.614. The zero-order chi connectivity index (χ0) is 10.8. The van der Waals surface area contributed by atoms with Crippen LogP contribution in [0, 0.1) is 0 Å². The van der Waals surface area contributed by atoms with Gasteiger partial charge in [0.15, 0.2) is 0 Å². The van der Waals surface area contributed by atoms with E-state index in [-0.39, 0.29) is 12.2 Å².